The lowest BCUT2D eigenvalue weighted by molar-refractivity contribution is -0.159. The normalized spacial score (nSPS) is 14.4. The maximum Gasteiger partial charge on any atom is 0.414 e. The molecular formula is C23H30N2O9S. The van der Waals surface area contributed by atoms with E-state index in [-0.39, 0.29) is 0 Å². The minimum Gasteiger partial charge on any atom is -0.493 e. The van der Waals surface area contributed by atoms with Gasteiger partial charge in [-0.2, -0.15) is 4.31 Å². The van der Waals surface area contributed by atoms with Crippen molar-refractivity contribution in [1.29, 1.82) is 0 Å². The van der Waals surface area contributed by atoms with E-state index in [1.165, 1.54) is 0 Å². The number of piperazine rings is 1. The molecule has 2 N–H and O–H groups in total. The van der Waals surface area contributed by atoms with Crippen molar-refractivity contribution < 1.29 is 42.4 Å². The van der Waals surface area contributed by atoms with Crippen molar-refractivity contribution >= 4 is 22.0 Å². The van der Waals surface area contributed by atoms with Gasteiger partial charge >= 0.3 is 11.9 Å². The fourth-order valence-corrected chi connectivity index (χ4v) is 4.89. The van der Waals surface area contributed by atoms with Crippen LogP contribution in [0.3, 0.4) is 0 Å². The van der Waals surface area contributed by atoms with E-state index in [2.05, 4.69) is 4.90 Å². The second kappa shape index (κ2) is 12.4. The lowest BCUT2D eigenvalue weighted by Crippen LogP contribution is -2.48. The van der Waals surface area contributed by atoms with Gasteiger partial charge in [0.05, 0.1) is 26.2 Å². The average Bonchev–Trinajstić information content (AvgIpc) is 2.84. The first-order valence-corrected chi connectivity index (χ1v) is 12.0. The first kappa shape index (κ1) is 27.9. The zero-order valence-electron chi connectivity index (χ0n) is 20.1. The molecule has 12 heteroatoms. The number of methoxy groups -OCH3 is 3. The van der Waals surface area contributed by atoms with Gasteiger partial charge in [0.2, 0.25) is 15.8 Å². The van der Waals surface area contributed by atoms with Crippen molar-refractivity contribution in [2.75, 3.05) is 47.5 Å². The number of aliphatic carboxylic acids is 2. The molecule has 0 atom stereocenters. The van der Waals surface area contributed by atoms with Gasteiger partial charge in [0, 0.05) is 32.7 Å². The van der Waals surface area contributed by atoms with Gasteiger partial charge in [0.25, 0.3) is 0 Å². The monoisotopic (exact) mass is 510 g/mol. The molecule has 0 aromatic heterocycles. The highest BCUT2D eigenvalue weighted by atomic mass is 32.2. The summed E-state index contributed by atoms with van der Waals surface area (Å²) in [4.78, 5) is 20.8. The van der Waals surface area contributed by atoms with E-state index in [0.717, 1.165) is 11.1 Å². The molecule has 0 amide bonds. The first-order chi connectivity index (χ1) is 16.5. The van der Waals surface area contributed by atoms with Gasteiger partial charge in [0.15, 0.2) is 11.5 Å². The van der Waals surface area contributed by atoms with Crippen molar-refractivity contribution in [3.8, 4) is 17.2 Å². The number of hydrogen-bond acceptors (Lipinski definition) is 8. The van der Waals surface area contributed by atoms with Crippen molar-refractivity contribution in [3.05, 3.63) is 47.5 Å². The third-order valence-corrected chi connectivity index (χ3v) is 7.22. The van der Waals surface area contributed by atoms with Crippen LogP contribution in [0.15, 0.2) is 41.3 Å². The highest BCUT2D eigenvalue weighted by Crippen LogP contribution is 2.38. The third kappa shape index (κ3) is 7.31. The van der Waals surface area contributed by atoms with Crippen LogP contribution in [0.4, 0.5) is 0 Å². The molecular weight excluding hydrogens is 480 g/mol. The molecule has 1 aliphatic heterocycles. The summed E-state index contributed by atoms with van der Waals surface area (Å²) in [6.07, 6.45) is 0. The van der Waals surface area contributed by atoms with Crippen molar-refractivity contribution in [1.82, 2.24) is 9.21 Å². The van der Waals surface area contributed by atoms with Gasteiger partial charge in [-0.15, -0.1) is 0 Å². The van der Waals surface area contributed by atoms with E-state index in [1.54, 1.807) is 37.8 Å². The summed E-state index contributed by atoms with van der Waals surface area (Å²) >= 11 is 0. The number of hydrogen-bond donors (Lipinski definition) is 2. The Balaban J connectivity index is 0.000000641. The molecule has 1 fully saturated rings. The van der Waals surface area contributed by atoms with Gasteiger partial charge in [-0.25, -0.2) is 18.0 Å². The summed E-state index contributed by atoms with van der Waals surface area (Å²) in [6.45, 7) is 4.85. The lowest BCUT2D eigenvalue weighted by atomic mass is 10.1. The summed E-state index contributed by atoms with van der Waals surface area (Å²) in [7, 11) is 1.31. The van der Waals surface area contributed by atoms with E-state index in [0.29, 0.717) is 54.9 Å². The van der Waals surface area contributed by atoms with Crippen molar-refractivity contribution in [2.24, 2.45) is 0 Å². The Morgan fingerprint density at radius 2 is 1.34 bits per heavy atom. The zero-order valence-corrected chi connectivity index (χ0v) is 20.9. The summed E-state index contributed by atoms with van der Waals surface area (Å²) in [5.74, 6) is -1.86. The highest BCUT2D eigenvalue weighted by molar-refractivity contribution is 7.89. The predicted octanol–water partition coefficient (Wildman–Crippen LogP) is 1.68. The standard InChI is InChI=1S/C21H28N2O5S.C2H2O4/c1-16-5-7-18(8-6-16)29(24,25)23-11-9-22(10-12-23)15-17-13-19(26-2)21(28-4)20(14-17)27-3;3-1(4)2(5)6/h5-8,13-14H,9-12,15H2,1-4H3;(H,3,4)(H,5,6). The second-order valence-electron chi connectivity index (χ2n) is 7.64. The summed E-state index contributed by atoms with van der Waals surface area (Å²) in [5.41, 5.74) is 2.06. The van der Waals surface area contributed by atoms with E-state index in [9.17, 15) is 8.42 Å². The van der Waals surface area contributed by atoms with Gasteiger partial charge in [-0.1, -0.05) is 17.7 Å². The van der Waals surface area contributed by atoms with Gasteiger partial charge in [-0.05, 0) is 36.8 Å². The summed E-state index contributed by atoms with van der Waals surface area (Å²) in [5, 5.41) is 14.8. The molecule has 0 saturated carbocycles. The van der Waals surface area contributed by atoms with E-state index in [4.69, 9.17) is 34.0 Å². The van der Waals surface area contributed by atoms with Crippen LogP contribution in [-0.4, -0.2) is 87.3 Å². The Labute approximate surface area is 204 Å². The fourth-order valence-electron chi connectivity index (χ4n) is 3.47. The number of carboxylic acid groups (broad SMARTS) is 2. The maximum atomic E-state index is 12.9. The summed E-state index contributed by atoms with van der Waals surface area (Å²) in [6, 6.07) is 10.9. The SMILES string of the molecule is COc1cc(CN2CCN(S(=O)(=O)c3ccc(C)cc3)CC2)cc(OC)c1OC.O=C(O)C(=O)O. The van der Waals surface area contributed by atoms with Crippen LogP contribution in [0.2, 0.25) is 0 Å². The zero-order chi connectivity index (χ0) is 26.2. The number of rotatable bonds is 7. The molecule has 192 valence electrons. The molecule has 2 aromatic carbocycles. The number of benzene rings is 2. The summed E-state index contributed by atoms with van der Waals surface area (Å²) < 4.78 is 43.5. The van der Waals surface area contributed by atoms with Crippen LogP contribution in [-0.2, 0) is 26.2 Å². The highest BCUT2D eigenvalue weighted by Gasteiger charge is 2.28. The number of nitrogens with zero attached hydrogens (tertiary/aromatic N) is 2. The molecule has 0 bridgehead atoms. The molecule has 0 radical (unpaired) electrons. The number of carboxylic acids is 2. The van der Waals surface area contributed by atoms with E-state index < -0.39 is 22.0 Å². The van der Waals surface area contributed by atoms with Crippen molar-refractivity contribution in [2.45, 2.75) is 18.4 Å². The third-order valence-electron chi connectivity index (χ3n) is 5.30. The molecule has 1 saturated heterocycles. The quantitative estimate of drug-likeness (QED) is 0.528. The van der Waals surface area contributed by atoms with Crippen molar-refractivity contribution in [3.63, 3.8) is 0 Å². The average molecular weight is 511 g/mol. The largest absolute Gasteiger partial charge is 0.493 e. The molecule has 2 aromatic rings. The predicted molar refractivity (Wildman–Crippen MR) is 127 cm³/mol. The molecule has 1 aliphatic rings. The van der Waals surface area contributed by atoms with Crippen LogP contribution < -0.4 is 14.2 Å². The number of sulfonamides is 1. The lowest BCUT2D eigenvalue weighted by Gasteiger charge is -2.34. The smallest absolute Gasteiger partial charge is 0.414 e. The molecule has 1 heterocycles. The second-order valence-corrected chi connectivity index (χ2v) is 9.58. The van der Waals surface area contributed by atoms with Crippen LogP contribution in [0.25, 0.3) is 0 Å². The van der Waals surface area contributed by atoms with Gasteiger partial charge < -0.3 is 24.4 Å². The Morgan fingerprint density at radius 1 is 0.857 bits per heavy atom. The number of aryl methyl sites for hydroxylation is 1. The molecule has 3 rings (SSSR count). The van der Waals surface area contributed by atoms with Crippen LogP contribution in [0.5, 0.6) is 17.2 Å². The number of carbonyl (C=O) groups is 2. The Bertz CT molecular complexity index is 1090. The van der Waals surface area contributed by atoms with Crippen LogP contribution >= 0.6 is 0 Å². The Hall–Kier alpha value is -3.35. The molecule has 0 unspecified atom stereocenters. The molecule has 0 spiro atoms. The van der Waals surface area contributed by atoms with Gasteiger partial charge in [0.1, 0.15) is 0 Å². The first-order valence-electron chi connectivity index (χ1n) is 10.6. The van der Waals surface area contributed by atoms with Gasteiger partial charge in [-0.3, -0.25) is 4.90 Å². The fraction of sp³-hybridized carbons (Fsp3) is 0.391. The van der Waals surface area contributed by atoms with Crippen LogP contribution in [0.1, 0.15) is 11.1 Å². The number of ether oxygens (including phenoxy) is 3. The maximum absolute atomic E-state index is 12.9. The Kier molecular flexibility index (Phi) is 9.87. The molecule has 11 nitrogen and oxygen atoms in total. The minimum absolute atomic E-state index is 0.348. The van der Waals surface area contributed by atoms with E-state index in [1.807, 2.05) is 31.2 Å². The topological polar surface area (TPSA) is 143 Å². The molecule has 35 heavy (non-hydrogen) atoms. The van der Waals surface area contributed by atoms with E-state index >= 15 is 0 Å². The molecule has 0 aliphatic carbocycles. The van der Waals surface area contributed by atoms with Crippen LogP contribution in [0, 0.1) is 6.92 Å². The minimum atomic E-state index is -3.46. The Morgan fingerprint density at radius 3 is 1.74 bits per heavy atom.